The van der Waals surface area contributed by atoms with Gasteiger partial charge in [0, 0.05) is 11.9 Å². The molecule has 0 fully saturated rings. The van der Waals surface area contributed by atoms with Crippen LogP contribution in [0.3, 0.4) is 0 Å². The molecule has 1 rings (SSSR count). The van der Waals surface area contributed by atoms with Crippen LogP contribution in [0.4, 0.5) is 0 Å². The van der Waals surface area contributed by atoms with Crippen molar-refractivity contribution in [1.29, 1.82) is 0 Å². The Hall–Kier alpha value is -0.540. The lowest BCUT2D eigenvalue weighted by Gasteiger charge is -2.15. The molecule has 0 radical (unpaired) electrons. The topological polar surface area (TPSA) is 33.1 Å². The second-order valence-corrected chi connectivity index (χ2v) is 4.69. The Kier molecular flexibility index (Phi) is 3.75. The van der Waals surface area contributed by atoms with Crippen molar-refractivity contribution in [2.24, 2.45) is 0 Å². The summed E-state index contributed by atoms with van der Waals surface area (Å²) in [5, 5.41) is 10.5. The predicted octanol–water partition coefficient (Wildman–Crippen LogP) is 2.33. The van der Waals surface area contributed by atoms with E-state index in [1.54, 1.807) is 18.0 Å². The number of pyridine rings is 1. The van der Waals surface area contributed by atoms with Crippen LogP contribution in [0.5, 0.6) is 0 Å². The minimum absolute atomic E-state index is 0.568. The molecular formula is C10H15NOS. The second kappa shape index (κ2) is 4.63. The third-order valence-electron chi connectivity index (χ3n) is 1.60. The molecule has 0 saturated carbocycles. The molecule has 0 atom stereocenters. The molecule has 1 aromatic heterocycles. The van der Waals surface area contributed by atoms with E-state index in [0.717, 1.165) is 17.2 Å². The molecule has 1 aromatic rings. The normalized spacial score (nSPS) is 11.6. The maximum absolute atomic E-state index is 9.46. The van der Waals surface area contributed by atoms with Crippen molar-refractivity contribution in [1.82, 2.24) is 4.98 Å². The molecule has 0 bridgehead atoms. The van der Waals surface area contributed by atoms with E-state index < -0.39 is 5.60 Å². The summed E-state index contributed by atoms with van der Waals surface area (Å²) in [6, 6.07) is 5.86. The number of nitrogens with zero attached hydrogens (tertiary/aromatic N) is 1. The Morgan fingerprint density at radius 2 is 2.23 bits per heavy atom. The van der Waals surface area contributed by atoms with E-state index in [1.807, 2.05) is 32.0 Å². The van der Waals surface area contributed by atoms with Crippen LogP contribution in [0.15, 0.2) is 29.4 Å². The van der Waals surface area contributed by atoms with Crippen molar-refractivity contribution >= 4 is 11.8 Å². The van der Waals surface area contributed by atoms with Crippen molar-refractivity contribution < 1.29 is 5.11 Å². The van der Waals surface area contributed by atoms with Gasteiger partial charge in [-0.15, -0.1) is 11.8 Å². The fraction of sp³-hybridized carbons (Fsp3) is 0.500. The summed E-state index contributed by atoms with van der Waals surface area (Å²) < 4.78 is 0. The highest BCUT2D eigenvalue weighted by atomic mass is 32.2. The van der Waals surface area contributed by atoms with Gasteiger partial charge in [-0.1, -0.05) is 6.07 Å². The van der Waals surface area contributed by atoms with E-state index in [9.17, 15) is 5.11 Å². The van der Waals surface area contributed by atoms with Gasteiger partial charge in [-0.3, -0.25) is 0 Å². The lowest BCUT2D eigenvalue weighted by molar-refractivity contribution is 0.0777. The first kappa shape index (κ1) is 10.5. The van der Waals surface area contributed by atoms with Crippen molar-refractivity contribution in [2.45, 2.75) is 30.9 Å². The molecule has 2 nitrogen and oxygen atoms in total. The molecule has 0 aliphatic heterocycles. The molecule has 1 N–H and O–H groups in total. The Morgan fingerprint density at radius 1 is 1.46 bits per heavy atom. The molecule has 0 aliphatic rings. The molecule has 0 unspecified atom stereocenters. The molecule has 13 heavy (non-hydrogen) atoms. The van der Waals surface area contributed by atoms with E-state index >= 15 is 0 Å². The van der Waals surface area contributed by atoms with Crippen LogP contribution >= 0.6 is 11.8 Å². The lowest BCUT2D eigenvalue weighted by Crippen LogP contribution is -2.19. The fourth-order valence-electron chi connectivity index (χ4n) is 0.838. The number of aromatic nitrogens is 1. The molecule has 1 heterocycles. The number of rotatable bonds is 4. The maximum Gasteiger partial charge on any atom is 0.0959 e. The highest BCUT2D eigenvalue weighted by Gasteiger charge is 2.11. The Bertz CT molecular complexity index is 243. The van der Waals surface area contributed by atoms with Crippen LogP contribution in [0.2, 0.25) is 0 Å². The van der Waals surface area contributed by atoms with E-state index in [2.05, 4.69) is 4.98 Å². The van der Waals surface area contributed by atoms with Gasteiger partial charge in [-0.2, -0.15) is 0 Å². The van der Waals surface area contributed by atoms with Crippen LogP contribution in [0.1, 0.15) is 20.3 Å². The summed E-state index contributed by atoms with van der Waals surface area (Å²) in [5.74, 6) is 0.903. The SMILES string of the molecule is CC(C)(O)CCSc1ccccn1. The number of hydrogen-bond acceptors (Lipinski definition) is 3. The maximum atomic E-state index is 9.46. The molecule has 72 valence electrons. The van der Waals surface area contributed by atoms with E-state index in [0.29, 0.717) is 0 Å². The number of aliphatic hydroxyl groups is 1. The molecular weight excluding hydrogens is 182 g/mol. The third kappa shape index (κ3) is 4.90. The lowest BCUT2D eigenvalue weighted by atomic mass is 10.1. The van der Waals surface area contributed by atoms with Gasteiger partial charge in [0.1, 0.15) is 0 Å². The van der Waals surface area contributed by atoms with Crippen molar-refractivity contribution in [2.75, 3.05) is 5.75 Å². The predicted molar refractivity (Wildman–Crippen MR) is 55.9 cm³/mol. The van der Waals surface area contributed by atoms with Gasteiger partial charge in [0.2, 0.25) is 0 Å². The fourth-order valence-corrected chi connectivity index (χ4v) is 1.96. The first-order valence-corrected chi connectivity index (χ1v) is 5.33. The summed E-state index contributed by atoms with van der Waals surface area (Å²) in [7, 11) is 0. The summed E-state index contributed by atoms with van der Waals surface area (Å²) in [5.41, 5.74) is -0.568. The van der Waals surface area contributed by atoms with Crippen LogP contribution in [-0.2, 0) is 0 Å². The van der Waals surface area contributed by atoms with Crippen molar-refractivity contribution in [3.05, 3.63) is 24.4 Å². The molecule has 0 amide bonds. The van der Waals surface area contributed by atoms with Gasteiger partial charge in [-0.25, -0.2) is 4.98 Å². The molecule has 0 spiro atoms. The van der Waals surface area contributed by atoms with Gasteiger partial charge >= 0.3 is 0 Å². The average molecular weight is 197 g/mol. The zero-order valence-electron chi connectivity index (χ0n) is 8.03. The van der Waals surface area contributed by atoms with Gasteiger partial charge in [0.05, 0.1) is 10.6 Å². The zero-order valence-corrected chi connectivity index (χ0v) is 8.84. The number of hydrogen-bond donors (Lipinski definition) is 1. The summed E-state index contributed by atoms with van der Waals surface area (Å²) in [6.45, 7) is 3.65. The molecule has 0 saturated heterocycles. The quantitative estimate of drug-likeness (QED) is 0.752. The Labute approximate surface area is 83.4 Å². The summed E-state index contributed by atoms with van der Waals surface area (Å²) >= 11 is 1.68. The Morgan fingerprint density at radius 3 is 2.77 bits per heavy atom. The highest BCUT2D eigenvalue weighted by Crippen LogP contribution is 2.18. The molecule has 0 aliphatic carbocycles. The first-order valence-electron chi connectivity index (χ1n) is 4.34. The van der Waals surface area contributed by atoms with Crippen LogP contribution in [-0.4, -0.2) is 21.4 Å². The van der Waals surface area contributed by atoms with E-state index in [4.69, 9.17) is 0 Å². The minimum Gasteiger partial charge on any atom is -0.390 e. The summed E-state index contributed by atoms with van der Waals surface area (Å²) in [4.78, 5) is 4.18. The second-order valence-electron chi connectivity index (χ2n) is 3.58. The van der Waals surface area contributed by atoms with Gasteiger partial charge in [0.15, 0.2) is 0 Å². The average Bonchev–Trinajstić information content (AvgIpc) is 2.04. The summed E-state index contributed by atoms with van der Waals surface area (Å²) in [6.07, 6.45) is 2.57. The monoisotopic (exact) mass is 197 g/mol. The van der Waals surface area contributed by atoms with Crippen LogP contribution in [0, 0.1) is 0 Å². The number of thioether (sulfide) groups is 1. The third-order valence-corrected chi connectivity index (χ3v) is 2.55. The highest BCUT2D eigenvalue weighted by molar-refractivity contribution is 7.99. The Balaban J connectivity index is 2.29. The largest absolute Gasteiger partial charge is 0.390 e. The zero-order chi connectivity index (χ0) is 9.73. The smallest absolute Gasteiger partial charge is 0.0959 e. The first-order chi connectivity index (χ1) is 6.08. The standard InChI is InChI=1S/C10H15NOS/c1-10(2,12)6-8-13-9-5-3-4-7-11-9/h3-5,7,12H,6,8H2,1-2H3. The van der Waals surface area contributed by atoms with Gasteiger partial charge < -0.3 is 5.11 Å². The van der Waals surface area contributed by atoms with E-state index in [-0.39, 0.29) is 0 Å². The van der Waals surface area contributed by atoms with E-state index in [1.165, 1.54) is 0 Å². The van der Waals surface area contributed by atoms with Crippen molar-refractivity contribution in [3.8, 4) is 0 Å². The van der Waals surface area contributed by atoms with Crippen LogP contribution in [0.25, 0.3) is 0 Å². The molecule has 0 aromatic carbocycles. The van der Waals surface area contributed by atoms with Crippen LogP contribution < -0.4 is 0 Å². The molecule has 3 heteroatoms. The van der Waals surface area contributed by atoms with Gasteiger partial charge in [0.25, 0.3) is 0 Å². The minimum atomic E-state index is -0.568. The van der Waals surface area contributed by atoms with Gasteiger partial charge in [-0.05, 0) is 32.4 Å². The van der Waals surface area contributed by atoms with Crippen molar-refractivity contribution in [3.63, 3.8) is 0 Å².